The standard InChI is InChI=1S/C31H46N2O11/c1-5-9-21-14-24(39-3)18-31(2,38)29(36)25-16-22(15-23(42-25)17-28(35)43-21)44-27(34)12-7-6-10-20-19-41-26(33-20)11-8-13-32-30(37)40-4/h7-8,11-12,19,21-25,29,36,38H,5-6,9-10,13-18H2,1-4H3,(H,32,37)/b11-8+,12-7+/t21-,22-,23+,24+,25+,29-,31+/m0/s1. The molecule has 13 heteroatoms. The van der Waals surface area contributed by atoms with Crippen molar-refractivity contribution in [3.8, 4) is 0 Å². The lowest BCUT2D eigenvalue weighted by Gasteiger charge is -2.42. The minimum atomic E-state index is -1.56. The molecular weight excluding hydrogens is 576 g/mol. The number of amides is 1. The molecule has 0 unspecified atom stereocenters. The number of allylic oxidation sites excluding steroid dienone is 1. The molecule has 0 aliphatic carbocycles. The molecule has 246 valence electrons. The van der Waals surface area contributed by atoms with Gasteiger partial charge in [-0.2, -0.15) is 0 Å². The molecule has 44 heavy (non-hydrogen) atoms. The van der Waals surface area contributed by atoms with E-state index in [1.807, 2.05) is 6.92 Å². The Morgan fingerprint density at radius 1 is 1.20 bits per heavy atom. The third kappa shape index (κ3) is 11.3. The second-order valence-electron chi connectivity index (χ2n) is 11.4. The summed E-state index contributed by atoms with van der Waals surface area (Å²) in [5.74, 6) is -0.614. The van der Waals surface area contributed by atoms with E-state index in [0.717, 1.165) is 6.42 Å². The highest BCUT2D eigenvalue weighted by Crippen LogP contribution is 2.33. The monoisotopic (exact) mass is 622 g/mol. The molecule has 0 aromatic carbocycles. The number of aliphatic hydroxyl groups is 2. The third-order valence-electron chi connectivity index (χ3n) is 7.66. The Morgan fingerprint density at radius 2 is 2.00 bits per heavy atom. The number of alkyl carbamates (subject to hydrolysis) is 1. The number of carbonyl (C=O) groups excluding carboxylic acids is 3. The zero-order valence-electron chi connectivity index (χ0n) is 25.9. The number of hydrogen-bond acceptors (Lipinski definition) is 12. The van der Waals surface area contributed by atoms with E-state index >= 15 is 0 Å². The maximum Gasteiger partial charge on any atom is 0.407 e. The smallest absolute Gasteiger partial charge is 0.407 e. The molecule has 1 aromatic rings. The largest absolute Gasteiger partial charge is 0.462 e. The number of fused-ring (bicyclic) bond motifs is 2. The van der Waals surface area contributed by atoms with Crippen LogP contribution in [0.3, 0.4) is 0 Å². The minimum Gasteiger partial charge on any atom is -0.462 e. The molecule has 7 atom stereocenters. The van der Waals surface area contributed by atoms with Crippen molar-refractivity contribution in [2.24, 2.45) is 0 Å². The molecule has 0 saturated carbocycles. The minimum absolute atomic E-state index is 0.0657. The number of aliphatic hydroxyl groups excluding tert-OH is 1. The summed E-state index contributed by atoms with van der Waals surface area (Å²) < 4.78 is 32.9. The van der Waals surface area contributed by atoms with Crippen LogP contribution in [0.5, 0.6) is 0 Å². The molecule has 2 saturated heterocycles. The lowest BCUT2D eigenvalue weighted by molar-refractivity contribution is -0.204. The normalized spacial score (nSPS) is 29.9. The molecule has 3 N–H and O–H groups in total. The van der Waals surface area contributed by atoms with Crippen LogP contribution in [0.4, 0.5) is 4.79 Å². The predicted molar refractivity (Wildman–Crippen MR) is 157 cm³/mol. The van der Waals surface area contributed by atoms with Crippen molar-refractivity contribution < 1.29 is 52.7 Å². The van der Waals surface area contributed by atoms with Crippen molar-refractivity contribution in [1.29, 1.82) is 0 Å². The number of esters is 2. The van der Waals surface area contributed by atoms with E-state index in [2.05, 4.69) is 15.0 Å². The molecule has 3 rings (SSSR count). The highest BCUT2D eigenvalue weighted by atomic mass is 16.6. The second kappa shape index (κ2) is 17.3. The van der Waals surface area contributed by atoms with Gasteiger partial charge in [0.05, 0.1) is 43.1 Å². The highest BCUT2D eigenvalue weighted by molar-refractivity contribution is 5.82. The maximum absolute atomic E-state index is 12.8. The Morgan fingerprint density at radius 3 is 2.73 bits per heavy atom. The summed E-state index contributed by atoms with van der Waals surface area (Å²) in [4.78, 5) is 40.8. The van der Waals surface area contributed by atoms with Crippen molar-refractivity contribution in [1.82, 2.24) is 10.3 Å². The van der Waals surface area contributed by atoms with E-state index in [1.165, 1.54) is 33.5 Å². The van der Waals surface area contributed by atoms with Crippen molar-refractivity contribution >= 4 is 24.1 Å². The number of nitrogens with one attached hydrogen (secondary N) is 1. The number of cyclic esters (lactones) is 1. The van der Waals surface area contributed by atoms with E-state index < -0.39 is 60.3 Å². The van der Waals surface area contributed by atoms with Crippen LogP contribution < -0.4 is 5.32 Å². The number of nitrogens with zero attached hydrogens (tertiary/aromatic N) is 1. The SMILES string of the molecule is CCC[C@H]1C[C@@H](OC)C[C@@](C)(O)[C@@H](O)[C@H]2C[C@@H](OC(=O)/C=C/CCc3coc(/C=C/CNC(=O)OC)n3)C[C@H](CC(=O)O1)O2. The van der Waals surface area contributed by atoms with Crippen LogP contribution in [0.25, 0.3) is 6.08 Å². The molecule has 2 aliphatic heterocycles. The summed E-state index contributed by atoms with van der Waals surface area (Å²) in [7, 11) is 2.81. The molecule has 2 bridgehead atoms. The fourth-order valence-corrected chi connectivity index (χ4v) is 5.45. The Hall–Kier alpha value is -3.26. The summed E-state index contributed by atoms with van der Waals surface area (Å²) in [6.45, 7) is 3.79. The Labute approximate surface area is 257 Å². The van der Waals surface area contributed by atoms with Crippen molar-refractivity contribution in [2.75, 3.05) is 20.8 Å². The summed E-state index contributed by atoms with van der Waals surface area (Å²) in [5, 5.41) is 24.9. The number of hydrogen-bond donors (Lipinski definition) is 3. The van der Waals surface area contributed by atoms with Gasteiger partial charge in [0.25, 0.3) is 0 Å². The molecule has 0 spiro atoms. The molecule has 1 amide bonds. The van der Waals surface area contributed by atoms with Crippen LogP contribution in [0.2, 0.25) is 0 Å². The van der Waals surface area contributed by atoms with Gasteiger partial charge < -0.3 is 43.6 Å². The zero-order chi connectivity index (χ0) is 32.1. The molecule has 0 radical (unpaired) electrons. The van der Waals surface area contributed by atoms with Crippen molar-refractivity contribution in [3.63, 3.8) is 0 Å². The molecule has 13 nitrogen and oxygen atoms in total. The van der Waals surface area contributed by atoms with Gasteiger partial charge in [0, 0.05) is 45.4 Å². The van der Waals surface area contributed by atoms with Gasteiger partial charge in [0.1, 0.15) is 24.6 Å². The van der Waals surface area contributed by atoms with Gasteiger partial charge in [-0.3, -0.25) is 4.79 Å². The molecular formula is C31H46N2O11. The van der Waals surface area contributed by atoms with Gasteiger partial charge in [0.15, 0.2) is 0 Å². The molecule has 2 aliphatic rings. The van der Waals surface area contributed by atoms with E-state index in [-0.39, 0.29) is 32.2 Å². The number of rotatable bonds is 11. The average Bonchev–Trinajstić information content (AvgIpc) is 3.43. The molecule has 1 aromatic heterocycles. The quantitative estimate of drug-likeness (QED) is 0.187. The van der Waals surface area contributed by atoms with Crippen LogP contribution in [0, 0.1) is 0 Å². The first kappa shape index (κ1) is 35.2. The fraction of sp³-hybridized carbons (Fsp3) is 0.677. The van der Waals surface area contributed by atoms with Crippen LogP contribution in [0.15, 0.2) is 28.9 Å². The van der Waals surface area contributed by atoms with Gasteiger partial charge >= 0.3 is 18.0 Å². The van der Waals surface area contributed by atoms with E-state index in [0.29, 0.717) is 37.3 Å². The topological polar surface area (TPSA) is 176 Å². The van der Waals surface area contributed by atoms with Gasteiger partial charge in [-0.15, -0.1) is 0 Å². The number of methoxy groups -OCH3 is 2. The van der Waals surface area contributed by atoms with E-state index in [1.54, 1.807) is 18.2 Å². The van der Waals surface area contributed by atoms with Crippen LogP contribution in [-0.2, 0) is 39.7 Å². The van der Waals surface area contributed by atoms with Gasteiger partial charge in [0.2, 0.25) is 5.89 Å². The Bertz CT molecular complexity index is 1130. The van der Waals surface area contributed by atoms with E-state index in [4.69, 9.17) is 23.4 Å². The predicted octanol–water partition coefficient (Wildman–Crippen LogP) is 3.01. The first-order valence-corrected chi connectivity index (χ1v) is 15.1. The lowest BCUT2D eigenvalue weighted by atomic mass is 9.83. The van der Waals surface area contributed by atoms with Crippen molar-refractivity contribution in [2.45, 2.75) is 114 Å². The number of ether oxygens (including phenoxy) is 5. The van der Waals surface area contributed by atoms with Gasteiger partial charge in [-0.1, -0.05) is 25.5 Å². The van der Waals surface area contributed by atoms with Crippen LogP contribution >= 0.6 is 0 Å². The summed E-state index contributed by atoms with van der Waals surface area (Å²) in [6.07, 6.45) is 6.31. The third-order valence-corrected chi connectivity index (χ3v) is 7.66. The number of aryl methyl sites for hydroxylation is 1. The van der Waals surface area contributed by atoms with Gasteiger partial charge in [-0.05, 0) is 32.3 Å². The number of oxazole rings is 1. The van der Waals surface area contributed by atoms with Crippen molar-refractivity contribution in [3.05, 3.63) is 36.1 Å². The van der Waals surface area contributed by atoms with Crippen LogP contribution in [0.1, 0.15) is 76.8 Å². The Balaban J connectivity index is 1.56. The average molecular weight is 623 g/mol. The number of carbonyl (C=O) groups is 3. The fourth-order valence-electron chi connectivity index (χ4n) is 5.45. The van der Waals surface area contributed by atoms with Gasteiger partial charge in [-0.25, -0.2) is 14.6 Å². The summed E-state index contributed by atoms with van der Waals surface area (Å²) >= 11 is 0. The molecule has 3 heterocycles. The zero-order valence-corrected chi connectivity index (χ0v) is 25.9. The maximum atomic E-state index is 12.8. The number of aromatic nitrogens is 1. The van der Waals surface area contributed by atoms with Crippen LogP contribution in [-0.4, -0.2) is 96.2 Å². The summed E-state index contributed by atoms with van der Waals surface area (Å²) in [5.41, 5.74) is -0.866. The Kier molecular flexibility index (Phi) is 13.8. The lowest BCUT2D eigenvalue weighted by Crippen LogP contribution is -2.54. The first-order chi connectivity index (χ1) is 21.0. The second-order valence-corrected chi connectivity index (χ2v) is 11.4. The first-order valence-electron chi connectivity index (χ1n) is 15.1. The molecule has 2 fully saturated rings. The highest BCUT2D eigenvalue weighted by Gasteiger charge is 2.45. The van der Waals surface area contributed by atoms with E-state index in [9.17, 15) is 24.6 Å². The summed E-state index contributed by atoms with van der Waals surface area (Å²) in [6, 6.07) is 0.